The van der Waals surface area contributed by atoms with Gasteiger partial charge < -0.3 is 10.3 Å². The van der Waals surface area contributed by atoms with Crippen LogP contribution in [0.3, 0.4) is 0 Å². The molecule has 1 aliphatic rings. The Kier molecular flexibility index (Phi) is 3.06. The molecular formula is C13H9Br2N3O. The Hall–Kier alpha value is -1.40. The van der Waals surface area contributed by atoms with Gasteiger partial charge >= 0.3 is 0 Å². The molecule has 0 atom stereocenters. The van der Waals surface area contributed by atoms with Crippen LogP contribution in [-0.4, -0.2) is 15.9 Å². The maximum absolute atomic E-state index is 12.1. The number of nitrogens with zero attached hydrogens (tertiary/aromatic N) is 1. The van der Waals surface area contributed by atoms with Crippen molar-refractivity contribution in [2.24, 2.45) is 0 Å². The van der Waals surface area contributed by atoms with E-state index in [0.717, 1.165) is 31.5 Å². The van der Waals surface area contributed by atoms with E-state index in [0.29, 0.717) is 5.57 Å². The van der Waals surface area contributed by atoms with Crippen LogP contribution in [0, 0.1) is 6.92 Å². The van der Waals surface area contributed by atoms with Crippen LogP contribution in [0.25, 0.3) is 11.6 Å². The van der Waals surface area contributed by atoms with E-state index in [1.165, 1.54) is 0 Å². The first-order valence-electron chi connectivity index (χ1n) is 5.58. The average Bonchev–Trinajstić information content (AvgIpc) is 2.97. The molecule has 1 aliphatic heterocycles. The van der Waals surface area contributed by atoms with E-state index in [2.05, 4.69) is 47.1 Å². The lowest BCUT2D eigenvalue weighted by Gasteiger charge is -2.08. The van der Waals surface area contributed by atoms with Crippen molar-refractivity contribution >= 4 is 55.1 Å². The summed E-state index contributed by atoms with van der Waals surface area (Å²) >= 11 is 6.98. The van der Waals surface area contributed by atoms with Gasteiger partial charge in [0.25, 0.3) is 5.91 Å². The van der Waals surface area contributed by atoms with Crippen molar-refractivity contribution in [3.8, 4) is 0 Å². The maximum Gasteiger partial charge on any atom is 0.256 e. The molecule has 0 radical (unpaired) electrons. The molecule has 0 saturated heterocycles. The van der Waals surface area contributed by atoms with Crippen molar-refractivity contribution < 1.29 is 4.79 Å². The maximum atomic E-state index is 12.1. The van der Waals surface area contributed by atoms with Gasteiger partial charge in [0, 0.05) is 14.5 Å². The Labute approximate surface area is 126 Å². The highest BCUT2D eigenvalue weighted by Crippen LogP contribution is 2.43. The number of hydrogen-bond donors (Lipinski definition) is 2. The molecule has 1 amide bonds. The number of aromatic nitrogens is 2. The SMILES string of the molecule is Cc1c(Br)cc(Br)c2c1C(=Cc1cnc[nH]1)C(=O)N2. The van der Waals surface area contributed by atoms with E-state index in [1.54, 1.807) is 18.6 Å². The van der Waals surface area contributed by atoms with Crippen molar-refractivity contribution in [3.63, 3.8) is 0 Å². The normalized spacial score (nSPS) is 15.7. The van der Waals surface area contributed by atoms with Gasteiger partial charge in [-0.05, 0) is 40.6 Å². The van der Waals surface area contributed by atoms with Gasteiger partial charge in [0.2, 0.25) is 0 Å². The lowest BCUT2D eigenvalue weighted by Crippen LogP contribution is -2.03. The lowest BCUT2D eigenvalue weighted by atomic mass is 10.0. The zero-order chi connectivity index (χ0) is 13.6. The minimum Gasteiger partial charge on any atom is -0.345 e. The van der Waals surface area contributed by atoms with Crippen molar-refractivity contribution in [2.45, 2.75) is 6.92 Å². The van der Waals surface area contributed by atoms with Crippen LogP contribution >= 0.6 is 31.9 Å². The van der Waals surface area contributed by atoms with Gasteiger partial charge in [-0.25, -0.2) is 4.98 Å². The highest BCUT2D eigenvalue weighted by molar-refractivity contribution is 9.11. The highest BCUT2D eigenvalue weighted by atomic mass is 79.9. The Morgan fingerprint density at radius 3 is 2.79 bits per heavy atom. The van der Waals surface area contributed by atoms with Gasteiger partial charge in [0.05, 0.1) is 29.5 Å². The number of nitrogens with one attached hydrogen (secondary N) is 2. The number of carbonyl (C=O) groups excluding carboxylic acids is 1. The van der Waals surface area contributed by atoms with Crippen LogP contribution < -0.4 is 5.32 Å². The third kappa shape index (κ3) is 2.04. The number of aromatic amines is 1. The molecule has 0 spiro atoms. The van der Waals surface area contributed by atoms with Crippen molar-refractivity contribution in [1.29, 1.82) is 0 Å². The van der Waals surface area contributed by atoms with E-state index >= 15 is 0 Å². The highest BCUT2D eigenvalue weighted by Gasteiger charge is 2.29. The molecule has 96 valence electrons. The van der Waals surface area contributed by atoms with Crippen molar-refractivity contribution in [3.05, 3.63) is 44.4 Å². The molecular weight excluding hydrogens is 374 g/mol. The van der Waals surface area contributed by atoms with Crippen LogP contribution in [0.5, 0.6) is 0 Å². The molecule has 0 unspecified atom stereocenters. The van der Waals surface area contributed by atoms with Gasteiger partial charge in [-0.3, -0.25) is 4.79 Å². The third-order valence-corrected chi connectivity index (χ3v) is 4.50. The summed E-state index contributed by atoms with van der Waals surface area (Å²) in [5, 5.41) is 2.89. The number of amides is 1. The van der Waals surface area contributed by atoms with E-state index in [1.807, 2.05) is 13.0 Å². The number of carbonyl (C=O) groups is 1. The van der Waals surface area contributed by atoms with Crippen LogP contribution in [0.15, 0.2) is 27.5 Å². The third-order valence-electron chi connectivity index (χ3n) is 3.05. The molecule has 1 aromatic carbocycles. The van der Waals surface area contributed by atoms with Gasteiger partial charge in [-0.2, -0.15) is 0 Å². The van der Waals surface area contributed by atoms with Gasteiger partial charge in [-0.15, -0.1) is 0 Å². The minimum atomic E-state index is -0.105. The molecule has 1 aromatic heterocycles. The molecule has 0 bridgehead atoms. The fourth-order valence-electron chi connectivity index (χ4n) is 2.11. The van der Waals surface area contributed by atoms with Gasteiger partial charge in [-0.1, -0.05) is 15.9 Å². The monoisotopic (exact) mass is 381 g/mol. The van der Waals surface area contributed by atoms with Crippen molar-refractivity contribution in [2.75, 3.05) is 5.32 Å². The second-order valence-corrected chi connectivity index (χ2v) is 5.94. The molecule has 0 fully saturated rings. The number of halogens is 2. The molecule has 19 heavy (non-hydrogen) atoms. The summed E-state index contributed by atoms with van der Waals surface area (Å²) in [5.74, 6) is -0.105. The first-order chi connectivity index (χ1) is 9.08. The van der Waals surface area contributed by atoms with Gasteiger partial charge in [0.1, 0.15) is 0 Å². The number of imidazole rings is 1. The molecule has 3 rings (SSSR count). The van der Waals surface area contributed by atoms with Crippen molar-refractivity contribution in [1.82, 2.24) is 9.97 Å². The van der Waals surface area contributed by atoms with E-state index in [4.69, 9.17) is 0 Å². The summed E-state index contributed by atoms with van der Waals surface area (Å²) in [6, 6.07) is 1.94. The van der Waals surface area contributed by atoms with Crippen LogP contribution in [-0.2, 0) is 4.79 Å². The van der Waals surface area contributed by atoms with Gasteiger partial charge in [0.15, 0.2) is 0 Å². The summed E-state index contributed by atoms with van der Waals surface area (Å²) < 4.78 is 1.83. The summed E-state index contributed by atoms with van der Waals surface area (Å²) in [5.41, 5.74) is 4.20. The second kappa shape index (κ2) is 4.61. The first-order valence-corrected chi connectivity index (χ1v) is 7.17. The van der Waals surface area contributed by atoms with Crippen LogP contribution in [0.4, 0.5) is 5.69 Å². The lowest BCUT2D eigenvalue weighted by molar-refractivity contribution is -0.110. The summed E-state index contributed by atoms with van der Waals surface area (Å²) in [6.45, 7) is 1.98. The number of anilines is 1. The number of H-pyrrole nitrogens is 1. The average molecular weight is 383 g/mol. The minimum absolute atomic E-state index is 0.105. The molecule has 4 nitrogen and oxygen atoms in total. The second-order valence-electron chi connectivity index (χ2n) is 4.23. The fourth-order valence-corrected chi connectivity index (χ4v) is 3.37. The summed E-state index contributed by atoms with van der Waals surface area (Å²) in [7, 11) is 0. The predicted octanol–water partition coefficient (Wildman–Crippen LogP) is 3.74. The zero-order valence-corrected chi connectivity index (χ0v) is 13.1. The smallest absolute Gasteiger partial charge is 0.256 e. The Bertz CT molecular complexity index is 705. The Balaban J connectivity index is 2.25. The Morgan fingerprint density at radius 2 is 2.11 bits per heavy atom. The fraction of sp³-hybridized carbons (Fsp3) is 0.0769. The van der Waals surface area contributed by atoms with Crippen LogP contribution in [0.1, 0.15) is 16.8 Å². The Morgan fingerprint density at radius 1 is 1.32 bits per heavy atom. The molecule has 6 heteroatoms. The van der Waals surface area contributed by atoms with E-state index in [9.17, 15) is 4.79 Å². The first kappa shape index (κ1) is 12.6. The molecule has 0 aliphatic carbocycles. The summed E-state index contributed by atoms with van der Waals surface area (Å²) in [4.78, 5) is 19.0. The molecule has 2 heterocycles. The number of rotatable bonds is 1. The van der Waals surface area contributed by atoms with E-state index in [-0.39, 0.29) is 5.91 Å². The number of fused-ring (bicyclic) bond motifs is 1. The topological polar surface area (TPSA) is 57.8 Å². The number of benzene rings is 1. The zero-order valence-electron chi connectivity index (χ0n) is 9.92. The predicted molar refractivity (Wildman–Crippen MR) is 81.7 cm³/mol. The van der Waals surface area contributed by atoms with Crippen LogP contribution in [0.2, 0.25) is 0 Å². The largest absolute Gasteiger partial charge is 0.345 e. The quantitative estimate of drug-likeness (QED) is 0.738. The molecule has 2 N–H and O–H groups in total. The standard InChI is InChI=1S/C13H9Br2N3O/c1-6-9(14)3-10(15)12-11(6)8(13(19)18-12)2-7-4-16-5-17-7/h2-5H,1H3,(H,16,17)(H,18,19). The number of hydrogen-bond acceptors (Lipinski definition) is 2. The summed E-state index contributed by atoms with van der Waals surface area (Å²) in [6.07, 6.45) is 5.07. The molecule has 2 aromatic rings. The molecule has 0 saturated carbocycles. The van der Waals surface area contributed by atoms with E-state index < -0.39 is 0 Å².